The minimum Gasteiger partial charge on any atom is -0.462 e. The van der Waals surface area contributed by atoms with Crippen LogP contribution in [0.2, 0.25) is 0 Å². The molecule has 19 heteroatoms. The zero-order valence-electron chi connectivity index (χ0n) is 62.2. The average molecular weight is 1430 g/mol. The van der Waals surface area contributed by atoms with Gasteiger partial charge in [-0.15, -0.1) is 0 Å². The van der Waals surface area contributed by atoms with Gasteiger partial charge in [-0.1, -0.05) is 319 Å². The van der Waals surface area contributed by atoms with E-state index in [4.69, 9.17) is 37.0 Å². The molecule has 0 bridgehead atoms. The summed E-state index contributed by atoms with van der Waals surface area (Å²) in [4.78, 5) is 72.8. The average Bonchev–Trinajstić information content (AvgIpc) is 0.959. The van der Waals surface area contributed by atoms with Crippen molar-refractivity contribution in [1.29, 1.82) is 0 Å². The maximum atomic E-state index is 13.1. The molecule has 17 nitrogen and oxygen atoms in total. The molecule has 0 saturated carbocycles. The molecule has 0 aliphatic rings. The van der Waals surface area contributed by atoms with Crippen LogP contribution in [0.15, 0.2) is 72.9 Å². The first-order chi connectivity index (χ1) is 47.7. The highest BCUT2D eigenvalue weighted by molar-refractivity contribution is 7.47. The Morgan fingerprint density at radius 2 is 0.571 bits per heavy atom. The molecule has 0 saturated heterocycles. The Kier molecular flexibility index (Phi) is 69.3. The maximum absolute atomic E-state index is 13.1. The molecule has 570 valence electrons. The number of phosphoric ester groups is 2. The van der Waals surface area contributed by atoms with Gasteiger partial charge in [0.15, 0.2) is 12.2 Å². The van der Waals surface area contributed by atoms with Gasteiger partial charge in [0, 0.05) is 19.3 Å². The first-order valence-corrected chi connectivity index (χ1v) is 42.2. The summed E-state index contributed by atoms with van der Waals surface area (Å²) in [5.41, 5.74) is 0. The Balaban J connectivity index is 5.37. The van der Waals surface area contributed by atoms with Gasteiger partial charge in [0.25, 0.3) is 0 Å². The van der Waals surface area contributed by atoms with Crippen molar-refractivity contribution in [2.75, 3.05) is 39.6 Å². The maximum Gasteiger partial charge on any atom is 0.472 e. The zero-order valence-corrected chi connectivity index (χ0v) is 64.0. The SMILES string of the molecule is CC/C=C\C/C=C\C/C=C\C/C=C\C/C=C\CC(=O)OCC(COP(=O)(O)OCC(O)COP(=O)(O)OCC(COC(=O)CCCCCCCCCCCCCCCCC)OC(=O)CCCCCCCCCCCCCCCCC)OC(=O)CCCCCCC/C=C\CCCCCC. The number of unbranched alkanes of at least 4 members (excludes halogenated alkanes) is 37. The fourth-order valence-corrected chi connectivity index (χ4v) is 12.3. The summed E-state index contributed by atoms with van der Waals surface area (Å²) < 4.78 is 68.4. The number of hydrogen-bond acceptors (Lipinski definition) is 15. The molecular formula is C79H142O17P2. The van der Waals surface area contributed by atoms with Crippen molar-refractivity contribution in [2.45, 2.75) is 367 Å². The fraction of sp³-hybridized carbons (Fsp3) is 0.797. The lowest BCUT2D eigenvalue weighted by atomic mass is 10.0. The molecule has 5 unspecified atom stereocenters. The van der Waals surface area contributed by atoms with E-state index in [1.807, 2.05) is 18.2 Å². The normalized spacial score (nSPS) is 14.3. The Bertz CT molecular complexity index is 2140. The number of esters is 4. The molecule has 0 spiro atoms. The highest BCUT2D eigenvalue weighted by atomic mass is 31.2. The minimum absolute atomic E-state index is 0.0680. The van der Waals surface area contributed by atoms with E-state index in [2.05, 4.69) is 76.3 Å². The third kappa shape index (κ3) is 70.9. The van der Waals surface area contributed by atoms with Crippen molar-refractivity contribution in [3.05, 3.63) is 72.9 Å². The van der Waals surface area contributed by atoms with E-state index in [0.717, 1.165) is 109 Å². The number of carbonyl (C=O) groups excluding carboxylic acids is 4. The molecule has 0 heterocycles. The smallest absolute Gasteiger partial charge is 0.462 e. The lowest BCUT2D eigenvalue weighted by Crippen LogP contribution is -2.30. The molecule has 3 N–H and O–H groups in total. The van der Waals surface area contributed by atoms with Crippen LogP contribution in [0.5, 0.6) is 0 Å². The van der Waals surface area contributed by atoms with E-state index in [1.54, 1.807) is 6.08 Å². The molecule has 0 rings (SSSR count). The summed E-state index contributed by atoms with van der Waals surface area (Å²) in [6, 6.07) is 0. The van der Waals surface area contributed by atoms with Crippen LogP contribution in [0, 0.1) is 0 Å². The monoisotopic (exact) mass is 1420 g/mol. The number of aliphatic hydroxyl groups excluding tert-OH is 1. The predicted octanol–water partition coefficient (Wildman–Crippen LogP) is 22.4. The van der Waals surface area contributed by atoms with Gasteiger partial charge in [-0.3, -0.25) is 37.3 Å². The molecular weight excluding hydrogens is 1280 g/mol. The Morgan fingerprint density at radius 3 is 0.908 bits per heavy atom. The van der Waals surface area contributed by atoms with E-state index in [1.165, 1.54) is 161 Å². The van der Waals surface area contributed by atoms with E-state index in [9.17, 15) is 43.2 Å². The van der Waals surface area contributed by atoms with Gasteiger partial charge in [-0.05, 0) is 77.0 Å². The highest BCUT2D eigenvalue weighted by Crippen LogP contribution is 2.45. The Labute approximate surface area is 596 Å². The summed E-state index contributed by atoms with van der Waals surface area (Å²) in [5, 5.41) is 10.6. The van der Waals surface area contributed by atoms with Crippen LogP contribution < -0.4 is 0 Å². The van der Waals surface area contributed by atoms with Crippen LogP contribution in [0.25, 0.3) is 0 Å². The van der Waals surface area contributed by atoms with Gasteiger partial charge in [-0.25, -0.2) is 9.13 Å². The number of hydrogen-bond donors (Lipinski definition) is 3. The fourth-order valence-electron chi connectivity index (χ4n) is 10.8. The number of rotatable bonds is 74. The molecule has 0 aromatic carbocycles. The Morgan fingerprint density at radius 1 is 0.306 bits per heavy atom. The van der Waals surface area contributed by atoms with Crippen LogP contribution in [0.1, 0.15) is 349 Å². The largest absolute Gasteiger partial charge is 0.472 e. The minimum atomic E-state index is -4.99. The predicted molar refractivity (Wildman–Crippen MR) is 400 cm³/mol. The third-order valence-electron chi connectivity index (χ3n) is 16.7. The van der Waals surface area contributed by atoms with E-state index in [0.29, 0.717) is 25.7 Å². The van der Waals surface area contributed by atoms with Gasteiger partial charge in [0.2, 0.25) is 0 Å². The second kappa shape index (κ2) is 71.9. The molecule has 0 aliphatic heterocycles. The topological polar surface area (TPSA) is 237 Å². The second-order valence-electron chi connectivity index (χ2n) is 26.3. The van der Waals surface area contributed by atoms with Gasteiger partial charge < -0.3 is 33.8 Å². The molecule has 0 aromatic rings. The van der Waals surface area contributed by atoms with Crippen LogP contribution in [-0.2, 0) is 65.4 Å². The molecule has 5 atom stereocenters. The van der Waals surface area contributed by atoms with Crippen LogP contribution >= 0.6 is 15.6 Å². The lowest BCUT2D eigenvalue weighted by molar-refractivity contribution is -0.161. The van der Waals surface area contributed by atoms with Crippen molar-refractivity contribution < 1.29 is 80.2 Å². The van der Waals surface area contributed by atoms with Gasteiger partial charge in [-0.2, -0.15) is 0 Å². The first-order valence-electron chi connectivity index (χ1n) is 39.2. The first kappa shape index (κ1) is 94.5. The summed E-state index contributed by atoms with van der Waals surface area (Å²) in [7, 11) is -9.96. The van der Waals surface area contributed by atoms with Crippen molar-refractivity contribution >= 4 is 39.5 Å². The van der Waals surface area contributed by atoms with Crippen molar-refractivity contribution in [1.82, 2.24) is 0 Å². The number of ether oxygens (including phenoxy) is 4. The van der Waals surface area contributed by atoms with Crippen molar-refractivity contribution in [3.63, 3.8) is 0 Å². The molecule has 0 fully saturated rings. The molecule has 0 aliphatic carbocycles. The van der Waals surface area contributed by atoms with Crippen molar-refractivity contribution in [2.24, 2.45) is 0 Å². The molecule has 98 heavy (non-hydrogen) atoms. The zero-order chi connectivity index (χ0) is 71.8. The second-order valence-corrected chi connectivity index (χ2v) is 29.2. The lowest BCUT2D eigenvalue weighted by Gasteiger charge is -2.21. The quantitative estimate of drug-likeness (QED) is 0.0169. The van der Waals surface area contributed by atoms with Crippen LogP contribution in [0.4, 0.5) is 0 Å². The molecule has 0 radical (unpaired) electrons. The highest BCUT2D eigenvalue weighted by Gasteiger charge is 2.30. The summed E-state index contributed by atoms with van der Waals surface area (Å²) in [5.74, 6) is -2.30. The third-order valence-corrected chi connectivity index (χ3v) is 18.6. The molecule has 0 aromatic heterocycles. The van der Waals surface area contributed by atoms with E-state index >= 15 is 0 Å². The summed E-state index contributed by atoms with van der Waals surface area (Å²) >= 11 is 0. The van der Waals surface area contributed by atoms with Crippen LogP contribution in [-0.4, -0.2) is 96.7 Å². The number of carbonyl (C=O) groups is 4. The Hall–Kier alpha value is -3.50. The summed E-state index contributed by atoms with van der Waals surface area (Å²) in [6.45, 7) is 4.69. The standard InChI is InChI=1S/C79H142O17P2/c1-5-9-13-17-21-25-29-33-36-40-43-47-51-55-59-63-76(81)89-69-74(95-78(83)65-61-57-53-49-45-39-32-28-24-20-16-12-8-4)71-93-97(85,86)91-67-73(80)68-92-98(87,88)94-72-75(96-79(84)66-62-58-54-50-46-42-38-35-31-27-23-19-15-11-7-3)70-90-77(82)64-60-56-52-48-44-41-37-34-30-26-22-18-14-10-6-2/h9,13,21,25,28,32-33,36,43,47,55,59,73-75,80H,5-8,10-12,14-20,22-24,26-27,29-31,34-35,37-42,44-46,48-54,56-58,60-72H2,1-4H3,(H,85,86)(H,87,88)/b13-9-,25-21-,32-28-,36-33-,47-43-,59-55-. The van der Waals surface area contributed by atoms with E-state index in [-0.39, 0.29) is 25.7 Å². The van der Waals surface area contributed by atoms with Crippen molar-refractivity contribution in [3.8, 4) is 0 Å². The van der Waals surface area contributed by atoms with Gasteiger partial charge in [0.05, 0.1) is 32.8 Å². The summed E-state index contributed by atoms with van der Waals surface area (Å²) in [6.07, 6.45) is 72.0. The number of phosphoric acid groups is 2. The number of aliphatic hydroxyl groups is 1. The van der Waals surface area contributed by atoms with Gasteiger partial charge >= 0.3 is 39.5 Å². The molecule has 0 amide bonds. The number of allylic oxidation sites excluding steroid dienone is 11. The van der Waals surface area contributed by atoms with E-state index < -0.39 is 97.5 Å². The van der Waals surface area contributed by atoms with Gasteiger partial charge in [0.1, 0.15) is 19.3 Å². The van der Waals surface area contributed by atoms with Crippen LogP contribution in [0.3, 0.4) is 0 Å².